The van der Waals surface area contributed by atoms with E-state index in [1.807, 2.05) is 0 Å². The predicted molar refractivity (Wildman–Crippen MR) is 107 cm³/mol. The SMILES string of the molecule is CCN(CC)CCN(C(=O)c1oc2c(c1C)C(=O)CCC2)C1CCS(=O)(=O)C1. The van der Waals surface area contributed by atoms with E-state index in [9.17, 15) is 18.0 Å². The van der Waals surface area contributed by atoms with Crippen molar-refractivity contribution in [3.63, 3.8) is 0 Å². The zero-order valence-corrected chi connectivity index (χ0v) is 17.8. The molecule has 1 unspecified atom stereocenters. The number of aryl methyl sites for hydroxylation is 1. The lowest BCUT2D eigenvalue weighted by Crippen LogP contribution is -2.45. The number of rotatable bonds is 7. The van der Waals surface area contributed by atoms with Crippen LogP contribution in [-0.2, 0) is 16.3 Å². The summed E-state index contributed by atoms with van der Waals surface area (Å²) in [5.41, 5.74) is 1.15. The van der Waals surface area contributed by atoms with Crippen LogP contribution in [-0.4, -0.2) is 73.6 Å². The first-order valence-corrected chi connectivity index (χ1v) is 12.0. The summed E-state index contributed by atoms with van der Waals surface area (Å²) >= 11 is 0. The van der Waals surface area contributed by atoms with E-state index in [2.05, 4.69) is 18.7 Å². The molecular weight excluding hydrogens is 380 g/mol. The molecule has 2 heterocycles. The van der Waals surface area contributed by atoms with Gasteiger partial charge in [0.1, 0.15) is 5.76 Å². The molecule has 28 heavy (non-hydrogen) atoms. The van der Waals surface area contributed by atoms with Crippen molar-refractivity contribution in [2.45, 2.75) is 52.5 Å². The maximum absolute atomic E-state index is 13.4. The Kier molecular flexibility index (Phi) is 6.29. The number of sulfone groups is 1. The standard InChI is InChI=1S/C20H30N2O5S/c1-4-21(5-2)10-11-22(15-9-12-28(25,26)13-15)20(24)19-14(3)18-16(23)7-6-8-17(18)27-19/h15H,4-13H2,1-3H3. The minimum Gasteiger partial charge on any atom is -0.455 e. The number of carbonyl (C=O) groups excluding carboxylic acids is 2. The monoisotopic (exact) mass is 410 g/mol. The Bertz CT molecular complexity index is 854. The molecule has 3 rings (SSSR count). The van der Waals surface area contributed by atoms with Gasteiger partial charge in [0, 0.05) is 37.5 Å². The second-order valence-corrected chi connectivity index (χ2v) is 9.94. The number of furan rings is 1. The van der Waals surface area contributed by atoms with Crippen LogP contribution in [0.25, 0.3) is 0 Å². The van der Waals surface area contributed by atoms with Gasteiger partial charge in [0.25, 0.3) is 5.91 Å². The third-order valence-electron chi connectivity index (χ3n) is 5.96. The number of nitrogens with zero attached hydrogens (tertiary/aromatic N) is 2. The average Bonchev–Trinajstić information content (AvgIpc) is 3.19. The van der Waals surface area contributed by atoms with Crippen molar-refractivity contribution < 1.29 is 22.4 Å². The first kappa shape index (κ1) is 21.0. The van der Waals surface area contributed by atoms with Gasteiger partial charge in [-0.05, 0) is 32.9 Å². The van der Waals surface area contributed by atoms with Gasteiger partial charge in [-0.1, -0.05) is 13.8 Å². The van der Waals surface area contributed by atoms with Crippen molar-refractivity contribution in [3.8, 4) is 0 Å². The summed E-state index contributed by atoms with van der Waals surface area (Å²) in [4.78, 5) is 29.5. The van der Waals surface area contributed by atoms with Crippen LogP contribution in [0.15, 0.2) is 4.42 Å². The van der Waals surface area contributed by atoms with Crippen LogP contribution in [0, 0.1) is 6.92 Å². The summed E-state index contributed by atoms with van der Waals surface area (Å²) in [7, 11) is -3.12. The molecule has 2 aliphatic rings. The van der Waals surface area contributed by atoms with E-state index < -0.39 is 9.84 Å². The fraction of sp³-hybridized carbons (Fsp3) is 0.700. The van der Waals surface area contributed by atoms with Crippen LogP contribution in [0.3, 0.4) is 0 Å². The zero-order valence-electron chi connectivity index (χ0n) is 17.0. The molecule has 156 valence electrons. The lowest BCUT2D eigenvalue weighted by atomic mass is 9.94. The molecule has 1 aliphatic heterocycles. The molecule has 1 amide bonds. The average molecular weight is 411 g/mol. The molecular formula is C20H30N2O5S. The molecule has 7 nitrogen and oxygen atoms in total. The molecule has 1 saturated heterocycles. The first-order valence-electron chi connectivity index (χ1n) is 10.2. The van der Waals surface area contributed by atoms with Crippen LogP contribution >= 0.6 is 0 Å². The van der Waals surface area contributed by atoms with Crippen LogP contribution in [0.5, 0.6) is 0 Å². The molecule has 0 saturated carbocycles. The molecule has 0 bridgehead atoms. The zero-order chi connectivity index (χ0) is 20.5. The number of ketones is 1. The quantitative estimate of drug-likeness (QED) is 0.684. The summed E-state index contributed by atoms with van der Waals surface area (Å²) in [6, 6.07) is -0.342. The molecule has 0 aromatic carbocycles. The van der Waals surface area contributed by atoms with Crippen molar-refractivity contribution in [3.05, 3.63) is 22.6 Å². The maximum atomic E-state index is 13.4. The molecule has 8 heteroatoms. The third kappa shape index (κ3) is 4.17. The molecule has 0 N–H and O–H groups in total. The number of hydrogen-bond donors (Lipinski definition) is 0. The minimum absolute atomic E-state index is 0.00457. The third-order valence-corrected chi connectivity index (χ3v) is 7.71. The summed E-state index contributed by atoms with van der Waals surface area (Å²) in [6.45, 7) is 8.73. The van der Waals surface area contributed by atoms with E-state index in [-0.39, 0.29) is 35.0 Å². The fourth-order valence-electron chi connectivity index (χ4n) is 4.24. The van der Waals surface area contributed by atoms with Gasteiger partial charge in [0.05, 0.1) is 17.1 Å². The van der Waals surface area contributed by atoms with Crippen LogP contribution < -0.4 is 0 Å². The molecule has 1 atom stereocenters. The van der Waals surface area contributed by atoms with Crippen molar-refractivity contribution >= 4 is 21.5 Å². The predicted octanol–water partition coefficient (Wildman–Crippen LogP) is 2.08. The largest absolute Gasteiger partial charge is 0.455 e. The topological polar surface area (TPSA) is 87.9 Å². The Hall–Kier alpha value is -1.67. The number of amides is 1. The number of carbonyl (C=O) groups is 2. The van der Waals surface area contributed by atoms with E-state index in [0.717, 1.165) is 19.5 Å². The molecule has 1 aromatic heterocycles. The smallest absolute Gasteiger partial charge is 0.290 e. The van der Waals surface area contributed by atoms with Crippen LogP contribution in [0.1, 0.15) is 65.3 Å². The Labute approximate surface area is 167 Å². The van der Waals surface area contributed by atoms with Crippen molar-refractivity contribution in [1.29, 1.82) is 0 Å². The van der Waals surface area contributed by atoms with E-state index >= 15 is 0 Å². The van der Waals surface area contributed by atoms with Gasteiger partial charge in [-0.3, -0.25) is 9.59 Å². The Morgan fingerprint density at radius 2 is 1.89 bits per heavy atom. The summed E-state index contributed by atoms with van der Waals surface area (Å²) in [6.07, 6.45) is 2.32. The highest BCUT2D eigenvalue weighted by atomic mass is 32.2. The fourth-order valence-corrected chi connectivity index (χ4v) is 5.97. The molecule has 1 fully saturated rings. The van der Waals surface area contributed by atoms with Gasteiger partial charge in [-0.25, -0.2) is 8.42 Å². The lowest BCUT2D eigenvalue weighted by Gasteiger charge is -2.30. The van der Waals surface area contributed by atoms with E-state index in [0.29, 0.717) is 49.2 Å². The second kappa shape index (κ2) is 8.37. The first-order chi connectivity index (χ1) is 13.3. The number of likely N-dealkylation sites (N-methyl/N-ethyl adjacent to an activating group) is 1. The Morgan fingerprint density at radius 3 is 2.46 bits per heavy atom. The maximum Gasteiger partial charge on any atom is 0.290 e. The van der Waals surface area contributed by atoms with Gasteiger partial charge in [-0.2, -0.15) is 0 Å². The highest BCUT2D eigenvalue weighted by molar-refractivity contribution is 7.91. The van der Waals surface area contributed by atoms with Gasteiger partial charge < -0.3 is 14.2 Å². The number of fused-ring (bicyclic) bond motifs is 1. The Morgan fingerprint density at radius 1 is 1.18 bits per heavy atom. The van der Waals surface area contributed by atoms with Gasteiger partial charge in [0.2, 0.25) is 0 Å². The van der Waals surface area contributed by atoms with E-state index in [4.69, 9.17) is 4.42 Å². The number of Topliss-reactive ketones (excluding diaryl/α,β-unsaturated/α-hetero) is 1. The highest BCUT2D eigenvalue weighted by Gasteiger charge is 2.38. The van der Waals surface area contributed by atoms with Crippen LogP contribution in [0.2, 0.25) is 0 Å². The van der Waals surface area contributed by atoms with Gasteiger partial charge in [0.15, 0.2) is 21.4 Å². The molecule has 1 aliphatic carbocycles. The van der Waals surface area contributed by atoms with Crippen LogP contribution in [0.4, 0.5) is 0 Å². The Balaban J connectivity index is 1.89. The second-order valence-electron chi connectivity index (χ2n) is 7.71. The molecule has 0 radical (unpaired) electrons. The minimum atomic E-state index is -3.12. The number of hydrogen-bond acceptors (Lipinski definition) is 6. The normalized spacial score (nSPS) is 21.1. The molecule has 1 aromatic rings. The van der Waals surface area contributed by atoms with E-state index in [1.54, 1.807) is 11.8 Å². The lowest BCUT2D eigenvalue weighted by molar-refractivity contribution is 0.0638. The molecule has 0 spiro atoms. The summed E-state index contributed by atoms with van der Waals surface area (Å²) in [5, 5.41) is 0. The summed E-state index contributed by atoms with van der Waals surface area (Å²) < 4.78 is 29.9. The van der Waals surface area contributed by atoms with Gasteiger partial charge in [-0.15, -0.1) is 0 Å². The van der Waals surface area contributed by atoms with Crippen molar-refractivity contribution in [1.82, 2.24) is 9.80 Å². The van der Waals surface area contributed by atoms with E-state index in [1.165, 1.54) is 0 Å². The van der Waals surface area contributed by atoms with Crippen molar-refractivity contribution in [2.75, 3.05) is 37.7 Å². The highest BCUT2D eigenvalue weighted by Crippen LogP contribution is 2.31. The van der Waals surface area contributed by atoms with Crippen molar-refractivity contribution in [2.24, 2.45) is 0 Å². The van der Waals surface area contributed by atoms with Gasteiger partial charge >= 0.3 is 0 Å². The summed E-state index contributed by atoms with van der Waals surface area (Å²) in [5.74, 6) is 0.631.